The van der Waals surface area contributed by atoms with E-state index in [1.165, 1.54) is 0 Å². The number of hydrogen-bond donors (Lipinski definition) is 1. The minimum absolute atomic E-state index is 0.499. The number of fused-ring (bicyclic) bond motifs is 1. The molecule has 4 nitrogen and oxygen atoms in total. The third-order valence-electron chi connectivity index (χ3n) is 2.87. The lowest BCUT2D eigenvalue weighted by atomic mass is 10.1. The third-order valence-corrected chi connectivity index (χ3v) is 3.36. The molecule has 5 heteroatoms. The van der Waals surface area contributed by atoms with Gasteiger partial charge in [0.15, 0.2) is 0 Å². The maximum atomic E-state index is 12.1. The summed E-state index contributed by atoms with van der Waals surface area (Å²) in [5.74, 6) is 0.624. The van der Waals surface area contributed by atoms with E-state index in [0.717, 1.165) is 15.2 Å². The van der Waals surface area contributed by atoms with E-state index in [9.17, 15) is 4.79 Å². The highest BCUT2D eigenvalue weighted by atomic mass is 79.9. The Morgan fingerprint density at radius 1 is 1.23 bits per heavy atom. The maximum Gasteiger partial charge on any atom is 0.412 e. The first-order chi connectivity index (χ1) is 10.3. The number of anilines is 1. The van der Waals surface area contributed by atoms with Crippen molar-refractivity contribution < 1.29 is 14.3 Å². The van der Waals surface area contributed by atoms with Gasteiger partial charge in [-0.25, -0.2) is 4.79 Å². The van der Waals surface area contributed by atoms with Crippen LogP contribution in [-0.4, -0.2) is 18.3 Å². The molecule has 0 radical (unpaired) electrons. The minimum atomic E-state index is -0.555. The van der Waals surface area contributed by atoms with Crippen molar-refractivity contribution >= 4 is 38.5 Å². The largest absolute Gasteiger partial charge is 0.492 e. The molecular formula is C17H20BrNO3. The maximum absolute atomic E-state index is 12.1. The van der Waals surface area contributed by atoms with Gasteiger partial charge in [0.05, 0.1) is 12.3 Å². The zero-order chi connectivity index (χ0) is 16.3. The molecule has 0 aliphatic heterocycles. The summed E-state index contributed by atoms with van der Waals surface area (Å²) in [6.07, 6.45) is -0.499. The lowest BCUT2D eigenvalue weighted by Crippen LogP contribution is -2.27. The fourth-order valence-corrected chi connectivity index (χ4v) is 2.44. The summed E-state index contributed by atoms with van der Waals surface area (Å²) in [6, 6.07) is 9.71. The standard InChI is InChI=1S/C17H20BrNO3/c1-5-21-14-9-7-11-6-8-12(18)10-13(11)15(14)19-16(20)22-17(2,3)4/h6-10H,5H2,1-4H3,(H,19,20). The van der Waals surface area contributed by atoms with Gasteiger partial charge in [0.2, 0.25) is 0 Å². The first kappa shape index (κ1) is 16.6. The molecular weight excluding hydrogens is 346 g/mol. The van der Waals surface area contributed by atoms with Crippen LogP contribution >= 0.6 is 15.9 Å². The van der Waals surface area contributed by atoms with Crippen molar-refractivity contribution in [3.8, 4) is 5.75 Å². The number of nitrogens with one attached hydrogen (secondary N) is 1. The molecule has 0 spiro atoms. The summed E-state index contributed by atoms with van der Waals surface area (Å²) < 4.78 is 11.9. The molecule has 0 fully saturated rings. The lowest BCUT2D eigenvalue weighted by Gasteiger charge is -2.21. The van der Waals surface area contributed by atoms with Crippen molar-refractivity contribution in [2.75, 3.05) is 11.9 Å². The zero-order valence-corrected chi connectivity index (χ0v) is 14.8. The highest BCUT2D eigenvalue weighted by Gasteiger charge is 2.19. The summed E-state index contributed by atoms with van der Waals surface area (Å²) in [5, 5.41) is 4.72. The van der Waals surface area contributed by atoms with E-state index in [2.05, 4.69) is 21.2 Å². The molecule has 0 bridgehead atoms. The fraction of sp³-hybridized carbons (Fsp3) is 0.353. The van der Waals surface area contributed by atoms with E-state index in [-0.39, 0.29) is 0 Å². The summed E-state index contributed by atoms with van der Waals surface area (Å²) in [5.41, 5.74) is 0.0657. The van der Waals surface area contributed by atoms with Gasteiger partial charge in [0, 0.05) is 9.86 Å². The van der Waals surface area contributed by atoms with Gasteiger partial charge in [-0.05, 0) is 51.3 Å². The monoisotopic (exact) mass is 365 g/mol. The van der Waals surface area contributed by atoms with Gasteiger partial charge in [-0.3, -0.25) is 5.32 Å². The van der Waals surface area contributed by atoms with Crippen molar-refractivity contribution in [3.05, 3.63) is 34.8 Å². The van der Waals surface area contributed by atoms with Crippen molar-refractivity contribution in [1.82, 2.24) is 0 Å². The summed E-state index contributed by atoms with van der Waals surface area (Å²) in [7, 11) is 0. The first-order valence-corrected chi connectivity index (χ1v) is 7.94. The molecule has 0 saturated heterocycles. The fourth-order valence-electron chi connectivity index (χ4n) is 2.08. The lowest BCUT2D eigenvalue weighted by molar-refractivity contribution is 0.0635. The average molecular weight is 366 g/mol. The van der Waals surface area contributed by atoms with Crippen LogP contribution in [0.25, 0.3) is 10.8 Å². The number of halogens is 1. The van der Waals surface area contributed by atoms with Crippen molar-refractivity contribution in [1.29, 1.82) is 0 Å². The molecule has 2 rings (SSSR count). The van der Waals surface area contributed by atoms with Gasteiger partial charge >= 0.3 is 6.09 Å². The molecule has 0 aliphatic carbocycles. The highest BCUT2D eigenvalue weighted by Crippen LogP contribution is 2.35. The third kappa shape index (κ3) is 4.13. The van der Waals surface area contributed by atoms with Crippen molar-refractivity contribution in [2.24, 2.45) is 0 Å². The molecule has 2 aromatic rings. The second kappa shape index (κ2) is 6.57. The number of carbonyl (C=O) groups excluding carboxylic acids is 1. The van der Waals surface area contributed by atoms with E-state index < -0.39 is 11.7 Å². The molecule has 118 valence electrons. The summed E-state index contributed by atoms with van der Waals surface area (Å²) in [4.78, 5) is 12.1. The predicted molar refractivity (Wildman–Crippen MR) is 92.7 cm³/mol. The topological polar surface area (TPSA) is 47.6 Å². The molecule has 0 unspecified atom stereocenters. The van der Waals surface area contributed by atoms with Gasteiger partial charge < -0.3 is 9.47 Å². The number of hydrogen-bond acceptors (Lipinski definition) is 3. The van der Waals surface area contributed by atoms with Crippen LogP contribution in [0, 0.1) is 0 Å². The highest BCUT2D eigenvalue weighted by molar-refractivity contribution is 9.10. The van der Waals surface area contributed by atoms with Crippen LogP contribution in [0.2, 0.25) is 0 Å². The predicted octanol–water partition coefficient (Wildman–Crippen LogP) is 5.35. The van der Waals surface area contributed by atoms with E-state index in [1.54, 1.807) is 0 Å². The second-order valence-electron chi connectivity index (χ2n) is 5.86. The van der Waals surface area contributed by atoms with Crippen LogP contribution in [0.15, 0.2) is 34.8 Å². The molecule has 0 aromatic heterocycles. The Labute approximate surface area is 138 Å². The number of benzene rings is 2. The second-order valence-corrected chi connectivity index (χ2v) is 6.78. The molecule has 0 heterocycles. The van der Waals surface area contributed by atoms with Gasteiger partial charge in [-0.15, -0.1) is 0 Å². The Morgan fingerprint density at radius 3 is 2.55 bits per heavy atom. The molecule has 1 N–H and O–H groups in total. The van der Waals surface area contributed by atoms with Crippen LogP contribution in [0.3, 0.4) is 0 Å². The van der Waals surface area contributed by atoms with E-state index in [0.29, 0.717) is 18.0 Å². The smallest absolute Gasteiger partial charge is 0.412 e. The van der Waals surface area contributed by atoms with Crippen LogP contribution in [0.4, 0.5) is 10.5 Å². The molecule has 0 saturated carbocycles. The van der Waals surface area contributed by atoms with Crippen LogP contribution in [-0.2, 0) is 4.74 Å². The molecule has 2 aromatic carbocycles. The molecule has 22 heavy (non-hydrogen) atoms. The summed E-state index contributed by atoms with van der Waals surface area (Å²) in [6.45, 7) is 7.91. The van der Waals surface area contributed by atoms with E-state index >= 15 is 0 Å². The van der Waals surface area contributed by atoms with Crippen LogP contribution < -0.4 is 10.1 Å². The van der Waals surface area contributed by atoms with Crippen molar-refractivity contribution in [2.45, 2.75) is 33.3 Å². The number of ether oxygens (including phenoxy) is 2. The summed E-state index contributed by atoms with van der Waals surface area (Å²) >= 11 is 3.46. The minimum Gasteiger partial charge on any atom is -0.492 e. The number of amides is 1. The zero-order valence-electron chi connectivity index (χ0n) is 13.2. The average Bonchev–Trinajstić information content (AvgIpc) is 2.39. The van der Waals surface area contributed by atoms with Gasteiger partial charge in [0.1, 0.15) is 11.4 Å². The number of carbonyl (C=O) groups is 1. The quantitative estimate of drug-likeness (QED) is 0.797. The normalized spacial score (nSPS) is 11.3. The van der Waals surface area contributed by atoms with Crippen molar-refractivity contribution in [3.63, 3.8) is 0 Å². The number of rotatable bonds is 3. The van der Waals surface area contributed by atoms with Gasteiger partial charge in [-0.1, -0.05) is 28.1 Å². The molecule has 1 amide bonds. The SMILES string of the molecule is CCOc1ccc2ccc(Br)cc2c1NC(=O)OC(C)(C)C. The Kier molecular flexibility index (Phi) is 4.96. The van der Waals surface area contributed by atoms with Crippen LogP contribution in [0.1, 0.15) is 27.7 Å². The van der Waals surface area contributed by atoms with E-state index in [4.69, 9.17) is 9.47 Å². The Bertz CT molecular complexity index is 692. The van der Waals surface area contributed by atoms with Gasteiger partial charge in [-0.2, -0.15) is 0 Å². The Morgan fingerprint density at radius 2 is 1.91 bits per heavy atom. The van der Waals surface area contributed by atoms with Crippen LogP contribution in [0.5, 0.6) is 5.75 Å². The Hall–Kier alpha value is -1.75. The Balaban J connectivity index is 2.45. The molecule has 0 aliphatic rings. The van der Waals surface area contributed by atoms with E-state index in [1.807, 2.05) is 58.0 Å². The molecule has 0 atom stereocenters. The van der Waals surface area contributed by atoms with Gasteiger partial charge in [0.25, 0.3) is 0 Å². The first-order valence-electron chi connectivity index (χ1n) is 7.15.